The molecule has 0 bridgehead atoms. The monoisotopic (exact) mass is 332 g/mol. The van der Waals surface area contributed by atoms with E-state index in [1.165, 1.54) is 19.2 Å². The van der Waals surface area contributed by atoms with Gasteiger partial charge in [-0.25, -0.2) is 9.69 Å². The molecular formula is C14H8N2O6S. The Morgan fingerprint density at radius 2 is 1.91 bits per heavy atom. The van der Waals surface area contributed by atoms with E-state index in [-0.39, 0.29) is 27.4 Å². The Hall–Kier alpha value is -3.07. The third-order valence-electron chi connectivity index (χ3n) is 3.33. The Morgan fingerprint density at radius 3 is 2.57 bits per heavy atom. The number of imide groups is 1. The molecule has 23 heavy (non-hydrogen) atoms. The van der Waals surface area contributed by atoms with Gasteiger partial charge in [-0.1, -0.05) is 0 Å². The number of anilines is 1. The zero-order valence-corrected chi connectivity index (χ0v) is 12.5. The molecule has 0 atom stereocenters. The number of non-ortho nitro benzene ring substituents is 1. The van der Waals surface area contributed by atoms with E-state index in [4.69, 9.17) is 0 Å². The van der Waals surface area contributed by atoms with E-state index in [0.717, 1.165) is 28.4 Å². The van der Waals surface area contributed by atoms with Gasteiger partial charge in [-0.15, -0.1) is 11.3 Å². The maximum Gasteiger partial charge on any atom is 0.340 e. The smallest absolute Gasteiger partial charge is 0.340 e. The predicted molar refractivity (Wildman–Crippen MR) is 79.9 cm³/mol. The second kappa shape index (κ2) is 5.29. The van der Waals surface area contributed by atoms with Crippen molar-refractivity contribution in [1.82, 2.24) is 0 Å². The number of nitro groups is 1. The Bertz CT molecular complexity index is 872. The first-order valence-corrected chi connectivity index (χ1v) is 7.16. The number of hydrogen-bond donors (Lipinski definition) is 0. The summed E-state index contributed by atoms with van der Waals surface area (Å²) in [5.41, 5.74) is -0.203. The van der Waals surface area contributed by atoms with Crippen LogP contribution in [0, 0.1) is 10.1 Å². The summed E-state index contributed by atoms with van der Waals surface area (Å²) in [6.07, 6.45) is 0. The molecule has 3 rings (SSSR count). The summed E-state index contributed by atoms with van der Waals surface area (Å²) in [6, 6.07) is 4.89. The van der Waals surface area contributed by atoms with Crippen molar-refractivity contribution in [3.05, 3.63) is 56.5 Å². The second-order valence-electron chi connectivity index (χ2n) is 4.56. The van der Waals surface area contributed by atoms with Crippen LogP contribution in [0.4, 0.5) is 10.7 Å². The first-order chi connectivity index (χ1) is 11.0. The molecule has 0 aliphatic carbocycles. The Morgan fingerprint density at radius 1 is 1.22 bits per heavy atom. The number of ether oxygens (including phenoxy) is 1. The van der Waals surface area contributed by atoms with Crippen LogP contribution in [-0.4, -0.2) is 29.8 Å². The van der Waals surface area contributed by atoms with Gasteiger partial charge in [-0.3, -0.25) is 19.7 Å². The highest BCUT2D eigenvalue weighted by Gasteiger charge is 2.40. The van der Waals surface area contributed by atoms with E-state index in [2.05, 4.69) is 4.74 Å². The third kappa shape index (κ3) is 2.18. The zero-order chi connectivity index (χ0) is 16.7. The lowest BCUT2D eigenvalue weighted by molar-refractivity contribution is -0.384. The van der Waals surface area contributed by atoms with Crippen molar-refractivity contribution in [2.45, 2.75) is 0 Å². The van der Waals surface area contributed by atoms with E-state index in [1.54, 1.807) is 5.38 Å². The van der Waals surface area contributed by atoms with Crippen molar-refractivity contribution in [3.63, 3.8) is 0 Å². The molecule has 1 aliphatic heterocycles. The standard InChI is InChI=1S/C14H8N2O6S/c1-22-14(19)9-4-5-23-13(9)15-11(17)8-3-2-7(16(20)21)6-10(8)12(15)18/h2-6H,1H3. The Labute approximate surface area is 133 Å². The number of nitro benzene ring substituents is 1. The SMILES string of the molecule is COC(=O)c1ccsc1N1C(=O)c2ccc([N+](=O)[O-])cc2C1=O. The molecule has 1 aromatic carbocycles. The zero-order valence-electron chi connectivity index (χ0n) is 11.6. The summed E-state index contributed by atoms with van der Waals surface area (Å²) in [4.78, 5) is 47.7. The van der Waals surface area contributed by atoms with Crippen molar-refractivity contribution >= 4 is 39.8 Å². The van der Waals surface area contributed by atoms with Gasteiger partial charge in [-0.05, 0) is 17.5 Å². The van der Waals surface area contributed by atoms with E-state index < -0.39 is 22.7 Å². The summed E-state index contributed by atoms with van der Waals surface area (Å²) in [5, 5.41) is 12.5. The summed E-state index contributed by atoms with van der Waals surface area (Å²) in [7, 11) is 1.19. The number of esters is 1. The molecule has 0 saturated carbocycles. The van der Waals surface area contributed by atoms with Crippen molar-refractivity contribution in [2.75, 3.05) is 12.0 Å². The molecule has 2 heterocycles. The van der Waals surface area contributed by atoms with Crippen LogP contribution >= 0.6 is 11.3 Å². The van der Waals surface area contributed by atoms with Gasteiger partial charge in [0.15, 0.2) is 0 Å². The van der Waals surface area contributed by atoms with Gasteiger partial charge in [0.25, 0.3) is 17.5 Å². The molecule has 0 spiro atoms. The van der Waals surface area contributed by atoms with Gasteiger partial charge in [0, 0.05) is 12.1 Å². The van der Waals surface area contributed by atoms with E-state index >= 15 is 0 Å². The van der Waals surface area contributed by atoms with E-state index in [1.807, 2.05) is 0 Å². The molecule has 2 amide bonds. The number of carbonyl (C=O) groups excluding carboxylic acids is 3. The topological polar surface area (TPSA) is 107 Å². The van der Waals surface area contributed by atoms with Gasteiger partial charge in [0.2, 0.25) is 0 Å². The lowest BCUT2D eigenvalue weighted by Gasteiger charge is -2.12. The molecule has 0 radical (unpaired) electrons. The largest absolute Gasteiger partial charge is 0.465 e. The van der Waals surface area contributed by atoms with Gasteiger partial charge < -0.3 is 4.74 Å². The minimum absolute atomic E-state index is 0.0600. The number of hydrogen-bond acceptors (Lipinski definition) is 7. The average molecular weight is 332 g/mol. The number of rotatable bonds is 3. The fourth-order valence-corrected chi connectivity index (χ4v) is 3.15. The summed E-state index contributed by atoms with van der Waals surface area (Å²) >= 11 is 1.03. The molecule has 1 aromatic heterocycles. The third-order valence-corrected chi connectivity index (χ3v) is 4.23. The highest BCUT2D eigenvalue weighted by molar-refractivity contribution is 7.15. The fraction of sp³-hybridized carbons (Fsp3) is 0.0714. The first kappa shape index (κ1) is 14.9. The molecule has 9 heteroatoms. The molecule has 116 valence electrons. The van der Waals surface area contributed by atoms with Crippen LogP contribution in [0.1, 0.15) is 31.1 Å². The maximum absolute atomic E-state index is 12.5. The molecule has 0 fully saturated rings. The number of fused-ring (bicyclic) bond motifs is 1. The number of benzene rings is 1. The van der Waals surface area contributed by atoms with Gasteiger partial charge in [-0.2, -0.15) is 0 Å². The summed E-state index contributed by atoms with van der Waals surface area (Å²) in [5.74, 6) is -2.02. The number of methoxy groups -OCH3 is 1. The van der Waals surface area contributed by atoms with Crippen molar-refractivity contribution in [2.24, 2.45) is 0 Å². The van der Waals surface area contributed by atoms with Crippen molar-refractivity contribution < 1.29 is 24.0 Å². The van der Waals surface area contributed by atoms with Crippen LogP contribution in [-0.2, 0) is 4.74 Å². The normalized spacial score (nSPS) is 13.2. The van der Waals surface area contributed by atoms with Gasteiger partial charge in [0.1, 0.15) is 5.00 Å². The van der Waals surface area contributed by atoms with Crippen LogP contribution in [0.15, 0.2) is 29.6 Å². The molecule has 2 aromatic rings. The second-order valence-corrected chi connectivity index (χ2v) is 5.46. The predicted octanol–water partition coefficient (Wildman–Crippen LogP) is 2.24. The van der Waals surface area contributed by atoms with E-state index in [0.29, 0.717) is 0 Å². The van der Waals surface area contributed by atoms with Crippen molar-refractivity contribution in [3.8, 4) is 0 Å². The quantitative estimate of drug-likeness (QED) is 0.369. The minimum atomic E-state index is -0.707. The van der Waals surface area contributed by atoms with Crippen LogP contribution in [0.5, 0.6) is 0 Å². The first-order valence-electron chi connectivity index (χ1n) is 6.28. The van der Waals surface area contributed by atoms with Crippen molar-refractivity contribution in [1.29, 1.82) is 0 Å². The number of carbonyl (C=O) groups is 3. The molecule has 0 saturated heterocycles. The Kier molecular flexibility index (Phi) is 3.41. The van der Waals surface area contributed by atoms with E-state index in [9.17, 15) is 24.5 Å². The molecule has 0 unspecified atom stereocenters. The summed E-state index contributed by atoms with van der Waals surface area (Å²) in [6.45, 7) is 0. The minimum Gasteiger partial charge on any atom is -0.465 e. The average Bonchev–Trinajstić information content (AvgIpc) is 3.10. The van der Waals surface area contributed by atoms with Crippen LogP contribution < -0.4 is 4.90 Å². The highest BCUT2D eigenvalue weighted by Crippen LogP contribution is 2.36. The molecule has 0 N–H and O–H groups in total. The maximum atomic E-state index is 12.5. The van der Waals surface area contributed by atoms with Crippen LogP contribution in [0.25, 0.3) is 0 Å². The van der Waals surface area contributed by atoms with Crippen LogP contribution in [0.2, 0.25) is 0 Å². The van der Waals surface area contributed by atoms with Crippen LogP contribution in [0.3, 0.4) is 0 Å². The van der Waals surface area contributed by atoms with Gasteiger partial charge in [0.05, 0.1) is 28.7 Å². The summed E-state index contributed by atoms with van der Waals surface area (Å²) < 4.78 is 4.62. The molecular weight excluding hydrogens is 324 g/mol. The number of nitrogens with zero attached hydrogens (tertiary/aromatic N) is 2. The molecule has 1 aliphatic rings. The van der Waals surface area contributed by atoms with Gasteiger partial charge >= 0.3 is 5.97 Å². The number of thiophene rings is 1. The Balaban J connectivity index is 2.09. The number of amides is 2. The highest BCUT2D eigenvalue weighted by atomic mass is 32.1. The lowest BCUT2D eigenvalue weighted by atomic mass is 10.1. The fourth-order valence-electron chi connectivity index (χ4n) is 2.27. The lowest BCUT2D eigenvalue weighted by Crippen LogP contribution is -2.30. The molecule has 8 nitrogen and oxygen atoms in total.